The van der Waals surface area contributed by atoms with E-state index in [0.29, 0.717) is 5.75 Å². The second kappa shape index (κ2) is 6.62. The highest BCUT2D eigenvalue weighted by Crippen LogP contribution is 2.24. The Bertz CT molecular complexity index is 352. The summed E-state index contributed by atoms with van der Waals surface area (Å²) in [5, 5.41) is 13.2. The maximum Gasteiger partial charge on any atom is 0.120 e. The van der Waals surface area contributed by atoms with E-state index in [0.717, 1.165) is 24.3 Å². The number of hydrogen-bond acceptors (Lipinski definition) is 3. The van der Waals surface area contributed by atoms with Crippen LogP contribution < -0.4 is 5.32 Å². The molecule has 3 heteroatoms. The molecule has 0 saturated heterocycles. The average Bonchev–Trinajstić information content (AvgIpc) is 2.29. The van der Waals surface area contributed by atoms with Crippen molar-refractivity contribution in [1.82, 2.24) is 5.32 Å². The summed E-state index contributed by atoms with van der Waals surface area (Å²) in [4.78, 5) is 0. The molecule has 2 unspecified atom stereocenters. The first-order valence-electron chi connectivity index (χ1n) is 6.19. The number of ether oxygens (including phenoxy) is 1. The van der Waals surface area contributed by atoms with E-state index in [1.165, 1.54) is 0 Å². The van der Waals surface area contributed by atoms with Gasteiger partial charge in [0.05, 0.1) is 6.10 Å². The predicted molar refractivity (Wildman–Crippen MR) is 70.3 cm³/mol. The number of aromatic hydroxyl groups is 1. The van der Waals surface area contributed by atoms with Crippen molar-refractivity contribution in [3.8, 4) is 5.75 Å². The molecule has 0 aliphatic heterocycles. The summed E-state index contributed by atoms with van der Waals surface area (Å²) in [5.41, 5.74) is 2.10. The first kappa shape index (κ1) is 14.0. The van der Waals surface area contributed by atoms with Gasteiger partial charge in [0.2, 0.25) is 0 Å². The third-order valence-corrected chi connectivity index (χ3v) is 2.81. The summed E-state index contributed by atoms with van der Waals surface area (Å²) in [6, 6.07) is 5.79. The van der Waals surface area contributed by atoms with E-state index in [1.807, 2.05) is 39.8 Å². The van der Waals surface area contributed by atoms with Crippen LogP contribution in [0.15, 0.2) is 18.2 Å². The zero-order valence-electron chi connectivity index (χ0n) is 11.2. The molecule has 0 heterocycles. The monoisotopic (exact) mass is 237 g/mol. The SMILES string of the molecule is CCOC(C)CNC(C)c1cc(C)ccc1O. The Kier molecular flexibility index (Phi) is 5.45. The fourth-order valence-electron chi connectivity index (χ4n) is 1.82. The Balaban J connectivity index is 2.57. The average molecular weight is 237 g/mol. The molecule has 1 aromatic rings. The number of phenols is 1. The quantitative estimate of drug-likeness (QED) is 0.799. The van der Waals surface area contributed by atoms with Crippen molar-refractivity contribution in [2.75, 3.05) is 13.2 Å². The lowest BCUT2D eigenvalue weighted by atomic mass is 10.0. The standard InChI is InChI=1S/C14H23NO2/c1-5-17-11(3)9-15-12(4)13-8-10(2)6-7-14(13)16/h6-8,11-12,15-16H,5,9H2,1-4H3. The minimum Gasteiger partial charge on any atom is -0.508 e. The van der Waals surface area contributed by atoms with E-state index >= 15 is 0 Å². The van der Waals surface area contributed by atoms with Crippen molar-refractivity contribution in [3.63, 3.8) is 0 Å². The fraction of sp³-hybridized carbons (Fsp3) is 0.571. The van der Waals surface area contributed by atoms with Crippen LogP contribution in [0.3, 0.4) is 0 Å². The number of nitrogens with one attached hydrogen (secondary N) is 1. The molecule has 17 heavy (non-hydrogen) atoms. The molecule has 0 amide bonds. The minimum atomic E-state index is 0.123. The highest BCUT2D eigenvalue weighted by molar-refractivity contribution is 5.37. The normalized spacial score (nSPS) is 14.6. The number of aryl methyl sites for hydroxylation is 1. The van der Waals surface area contributed by atoms with Crippen LogP contribution in [-0.4, -0.2) is 24.4 Å². The lowest BCUT2D eigenvalue weighted by Crippen LogP contribution is -2.29. The van der Waals surface area contributed by atoms with Crippen molar-refractivity contribution < 1.29 is 9.84 Å². The molecule has 0 spiro atoms. The lowest BCUT2D eigenvalue weighted by Gasteiger charge is -2.19. The summed E-state index contributed by atoms with van der Waals surface area (Å²) in [7, 11) is 0. The molecule has 3 nitrogen and oxygen atoms in total. The Labute approximate surface area is 104 Å². The molecule has 1 aromatic carbocycles. The molecule has 0 bridgehead atoms. The molecule has 0 saturated carbocycles. The van der Waals surface area contributed by atoms with Crippen LogP contribution in [0, 0.1) is 6.92 Å². The van der Waals surface area contributed by atoms with E-state index in [4.69, 9.17) is 4.74 Å². The van der Waals surface area contributed by atoms with Crippen LogP contribution in [0.5, 0.6) is 5.75 Å². The molecule has 0 aliphatic rings. The zero-order valence-corrected chi connectivity index (χ0v) is 11.2. The van der Waals surface area contributed by atoms with Crippen LogP contribution in [0.1, 0.15) is 37.9 Å². The summed E-state index contributed by atoms with van der Waals surface area (Å²) in [6.07, 6.45) is 0.189. The highest BCUT2D eigenvalue weighted by atomic mass is 16.5. The summed E-state index contributed by atoms with van der Waals surface area (Å²) >= 11 is 0. The van der Waals surface area contributed by atoms with Gasteiger partial charge in [-0.3, -0.25) is 0 Å². The fourth-order valence-corrected chi connectivity index (χ4v) is 1.82. The van der Waals surface area contributed by atoms with E-state index in [-0.39, 0.29) is 12.1 Å². The third-order valence-electron chi connectivity index (χ3n) is 2.81. The van der Waals surface area contributed by atoms with Crippen LogP contribution in [0.25, 0.3) is 0 Å². The molecule has 0 aromatic heterocycles. The Morgan fingerprint density at radius 1 is 1.35 bits per heavy atom. The van der Waals surface area contributed by atoms with Crippen LogP contribution >= 0.6 is 0 Å². The zero-order chi connectivity index (χ0) is 12.8. The van der Waals surface area contributed by atoms with Crippen molar-refractivity contribution in [2.24, 2.45) is 0 Å². The van der Waals surface area contributed by atoms with E-state index in [2.05, 4.69) is 5.32 Å². The molecule has 96 valence electrons. The first-order chi connectivity index (χ1) is 8.04. The Morgan fingerprint density at radius 3 is 2.71 bits per heavy atom. The van der Waals surface area contributed by atoms with E-state index < -0.39 is 0 Å². The van der Waals surface area contributed by atoms with Crippen LogP contribution in [0.2, 0.25) is 0 Å². The largest absolute Gasteiger partial charge is 0.508 e. The van der Waals surface area contributed by atoms with Gasteiger partial charge in [0.1, 0.15) is 5.75 Å². The third kappa shape index (κ3) is 4.36. The van der Waals surface area contributed by atoms with Gasteiger partial charge >= 0.3 is 0 Å². The second-order valence-electron chi connectivity index (χ2n) is 4.46. The molecular formula is C14H23NO2. The van der Waals surface area contributed by atoms with Gasteiger partial charge in [0.15, 0.2) is 0 Å². The van der Waals surface area contributed by atoms with Crippen molar-refractivity contribution in [1.29, 1.82) is 0 Å². The van der Waals surface area contributed by atoms with Gasteiger partial charge in [-0.15, -0.1) is 0 Å². The van der Waals surface area contributed by atoms with Gasteiger partial charge in [0, 0.05) is 24.8 Å². The summed E-state index contributed by atoms with van der Waals surface area (Å²) in [5.74, 6) is 0.347. The van der Waals surface area contributed by atoms with Gasteiger partial charge in [0.25, 0.3) is 0 Å². The first-order valence-corrected chi connectivity index (χ1v) is 6.19. The molecule has 1 rings (SSSR count). The van der Waals surface area contributed by atoms with Crippen molar-refractivity contribution >= 4 is 0 Å². The number of rotatable bonds is 6. The van der Waals surface area contributed by atoms with Gasteiger partial charge in [-0.25, -0.2) is 0 Å². The highest BCUT2D eigenvalue weighted by Gasteiger charge is 2.11. The second-order valence-corrected chi connectivity index (χ2v) is 4.46. The Morgan fingerprint density at radius 2 is 2.06 bits per heavy atom. The van der Waals surface area contributed by atoms with Crippen LogP contribution in [0.4, 0.5) is 0 Å². The number of benzene rings is 1. The van der Waals surface area contributed by atoms with Crippen molar-refractivity contribution in [3.05, 3.63) is 29.3 Å². The maximum absolute atomic E-state index is 9.80. The minimum absolute atomic E-state index is 0.123. The molecule has 0 aliphatic carbocycles. The Hall–Kier alpha value is -1.06. The van der Waals surface area contributed by atoms with Gasteiger partial charge in [-0.2, -0.15) is 0 Å². The van der Waals surface area contributed by atoms with Gasteiger partial charge < -0.3 is 15.2 Å². The van der Waals surface area contributed by atoms with Gasteiger partial charge in [-0.05, 0) is 33.8 Å². The number of phenolic OH excluding ortho intramolecular Hbond substituents is 1. The maximum atomic E-state index is 9.80. The van der Waals surface area contributed by atoms with E-state index in [9.17, 15) is 5.11 Å². The smallest absolute Gasteiger partial charge is 0.120 e. The summed E-state index contributed by atoms with van der Waals surface area (Å²) < 4.78 is 5.46. The van der Waals surface area contributed by atoms with Gasteiger partial charge in [-0.1, -0.05) is 17.7 Å². The number of hydrogen-bond donors (Lipinski definition) is 2. The predicted octanol–water partition coefficient (Wildman–Crippen LogP) is 2.78. The van der Waals surface area contributed by atoms with Crippen LogP contribution in [-0.2, 0) is 4.74 Å². The van der Waals surface area contributed by atoms with E-state index in [1.54, 1.807) is 6.07 Å². The van der Waals surface area contributed by atoms with Crippen molar-refractivity contribution in [2.45, 2.75) is 39.8 Å². The molecule has 2 atom stereocenters. The topological polar surface area (TPSA) is 41.5 Å². The molecule has 0 fully saturated rings. The molecule has 2 N–H and O–H groups in total. The molecule has 0 radical (unpaired) electrons. The summed E-state index contributed by atoms with van der Waals surface area (Å²) in [6.45, 7) is 9.62. The lowest BCUT2D eigenvalue weighted by molar-refractivity contribution is 0.0743. The molecular weight excluding hydrogens is 214 g/mol.